The number of anilines is 1. The van der Waals surface area contributed by atoms with Crippen LogP contribution in [0.1, 0.15) is 31.2 Å². The fourth-order valence-electron chi connectivity index (χ4n) is 2.58. The van der Waals surface area contributed by atoms with Crippen molar-refractivity contribution < 1.29 is 26.4 Å². The molecule has 10 heteroatoms. The van der Waals surface area contributed by atoms with Crippen LogP contribution in [-0.2, 0) is 21.0 Å². The molecule has 1 aliphatic carbocycles. The lowest BCUT2D eigenvalue weighted by molar-refractivity contribution is -0.136. The minimum atomic E-state index is -4.74. The van der Waals surface area contributed by atoms with Gasteiger partial charge in [0.2, 0.25) is 10.0 Å². The van der Waals surface area contributed by atoms with Crippen molar-refractivity contribution in [3.05, 3.63) is 28.8 Å². The van der Waals surface area contributed by atoms with Crippen LogP contribution in [0.5, 0.6) is 0 Å². The zero-order valence-electron chi connectivity index (χ0n) is 12.7. The number of halogens is 4. The summed E-state index contributed by atoms with van der Waals surface area (Å²) in [6.07, 6.45) is -2.65. The Morgan fingerprint density at radius 1 is 1.33 bits per heavy atom. The van der Waals surface area contributed by atoms with Gasteiger partial charge in [-0.15, -0.1) is 0 Å². The summed E-state index contributed by atoms with van der Waals surface area (Å²) in [5.41, 5.74) is -1.40. The van der Waals surface area contributed by atoms with Gasteiger partial charge in [0.1, 0.15) is 12.4 Å². The van der Waals surface area contributed by atoms with E-state index in [9.17, 15) is 21.6 Å². The average Bonchev–Trinajstić information content (AvgIpc) is 2.48. The molecule has 1 aliphatic rings. The maximum atomic E-state index is 13.1. The molecule has 134 valence electrons. The van der Waals surface area contributed by atoms with Crippen LogP contribution in [0.2, 0.25) is 5.02 Å². The number of alkyl halides is 3. The SMILES string of the molecule is CON=C1CCCCC1S(=O)(=O)Nc1ccc(Cl)cc1C(F)(F)F. The number of oxime groups is 1. The van der Waals surface area contributed by atoms with Crippen LogP contribution >= 0.6 is 11.6 Å². The lowest BCUT2D eigenvalue weighted by atomic mass is 9.98. The summed E-state index contributed by atoms with van der Waals surface area (Å²) in [4.78, 5) is 4.65. The second kappa shape index (κ2) is 7.18. The molecule has 0 aliphatic heterocycles. The molecule has 24 heavy (non-hydrogen) atoms. The van der Waals surface area contributed by atoms with Crippen LogP contribution < -0.4 is 4.72 Å². The van der Waals surface area contributed by atoms with E-state index >= 15 is 0 Å². The Labute approximate surface area is 142 Å². The van der Waals surface area contributed by atoms with Crippen LogP contribution in [0.3, 0.4) is 0 Å². The molecule has 5 nitrogen and oxygen atoms in total. The van der Waals surface area contributed by atoms with Gasteiger partial charge in [-0.2, -0.15) is 13.2 Å². The van der Waals surface area contributed by atoms with Gasteiger partial charge in [-0.3, -0.25) is 4.72 Å². The highest BCUT2D eigenvalue weighted by Crippen LogP contribution is 2.37. The van der Waals surface area contributed by atoms with Crippen molar-refractivity contribution in [3.63, 3.8) is 0 Å². The molecule has 1 unspecified atom stereocenters. The van der Waals surface area contributed by atoms with Gasteiger partial charge in [0.25, 0.3) is 0 Å². The van der Waals surface area contributed by atoms with E-state index in [1.54, 1.807) is 0 Å². The van der Waals surface area contributed by atoms with Crippen LogP contribution in [-0.4, -0.2) is 26.5 Å². The van der Waals surface area contributed by atoms with Crippen molar-refractivity contribution in [1.82, 2.24) is 0 Å². The Morgan fingerprint density at radius 3 is 2.67 bits per heavy atom. The third kappa shape index (κ3) is 4.32. The molecule has 0 bridgehead atoms. The van der Waals surface area contributed by atoms with Gasteiger partial charge in [0.15, 0.2) is 0 Å². The van der Waals surface area contributed by atoms with Crippen molar-refractivity contribution in [2.75, 3.05) is 11.8 Å². The molecule has 0 heterocycles. The van der Waals surface area contributed by atoms with E-state index in [0.717, 1.165) is 12.5 Å². The molecular weight excluding hydrogens is 369 g/mol. The largest absolute Gasteiger partial charge is 0.418 e. The molecule has 0 spiro atoms. The minimum absolute atomic E-state index is 0.135. The second-order valence-corrected chi connectivity index (χ2v) is 7.63. The summed E-state index contributed by atoms with van der Waals surface area (Å²) in [6, 6.07) is 2.88. The summed E-state index contributed by atoms with van der Waals surface area (Å²) >= 11 is 5.59. The molecule has 1 saturated carbocycles. The summed E-state index contributed by atoms with van der Waals surface area (Å²) in [7, 11) is -2.82. The average molecular weight is 385 g/mol. The van der Waals surface area contributed by atoms with Crippen LogP contribution in [0, 0.1) is 0 Å². The number of hydrogen-bond acceptors (Lipinski definition) is 4. The van der Waals surface area contributed by atoms with Gasteiger partial charge < -0.3 is 4.84 Å². The molecule has 1 N–H and O–H groups in total. The summed E-state index contributed by atoms with van der Waals surface area (Å²) < 4.78 is 66.5. The molecule has 0 radical (unpaired) electrons. The number of nitrogens with zero attached hydrogens (tertiary/aromatic N) is 1. The van der Waals surface area contributed by atoms with E-state index in [2.05, 4.69) is 9.99 Å². The first-order chi connectivity index (χ1) is 11.1. The normalized spacial score (nSPS) is 20.9. The molecule has 1 fully saturated rings. The Bertz CT molecular complexity index is 735. The number of benzene rings is 1. The van der Waals surface area contributed by atoms with Crippen molar-refractivity contribution in [3.8, 4) is 0 Å². The smallest absolute Gasteiger partial charge is 0.399 e. The van der Waals surface area contributed by atoms with Gasteiger partial charge in [-0.1, -0.05) is 23.2 Å². The predicted molar refractivity (Wildman–Crippen MR) is 85.7 cm³/mol. The van der Waals surface area contributed by atoms with E-state index < -0.39 is 32.7 Å². The first-order valence-corrected chi connectivity index (χ1v) is 9.06. The van der Waals surface area contributed by atoms with E-state index in [1.807, 2.05) is 4.72 Å². The van der Waals surface area contributed by atoms with Crippen LogP contribution in [0.25, 0.3) is 0 Å². The second-order valence-electron chi connectivity index (χ2n) is 5.33. The van der Waals surface area contributed by atoms with Gasteiger partial charge >= 0.3 is 6.18 Å². The predicted octanol–water partition coefficient (Wildman–Crippen LogP) is 4.05. The van der Waals surface area contributed by atoms with Crippen molar-refractivity contribution in [1.29, 1.82) is 0 Å². The van der Waals surface area contributed by atoms with E-state index in [4.69, 9.17) is 11.6 Å². The van der Waals surface area contributed by atoms with E-state index in [1.165, 1.54) is 13.2 Å². The molecule has 0 amide bonds. The Hall–Kier alpha value is -1.48. The van der Waals surface area contributed by atoms with Gasteiger partial charge in [-0.05, 0) is 37.5 Å². The summed E-state index contributed by atoms with van der Waals surface area (Å²) in [5.74, 6) is 0. The fraction of sp³-hybridized carbons (Fsp3) is 0.500. The number of rotatable bonds is 4. The van der Waals surface area contributed by atoms with Crippen molar-refractivity contribution in [2.45, 2.75) is 37.1 Å². The first kappa shape index (κ1) is 18.9. The maximum Gasteiger partial charge on any atom is 0.418 e. The van der Waals surface area contributed by atoms with Crippen LogP contribution in [0.15, 0.2) is 23.4 Å². The molecular formula is C14H16ClF3N2O3S. The third-order valence-electron chi connectivity index (χ3n) is 3.64. The molecule has 0 aromatic heterocycles. The Balaban J connectivity index is 2.37. The van der Waals surface area contributed by atoms with Crippen molar-refractivity contribution >= 4 is 33.0 Å². The molecule has 0 saturated heterocycles. The monoisotopic (exact) mass is 384 g/mol. The molecule has 1 aromatic rings. The number of hydrogen-bond donors (Lipinski definition) is 1. The Morgan fingerprint density at radius 2 is 2.04 bits per heavy atom. The van der Waals surface area contributed by atoms with Crippen molar-refractivity contribution in [2.24, 2.45) is 5.16 Å². The zero-order chi connectivity index (χ0) is 18.0. The molecule has 1 atom stereocenters. The molecule has 1 aromatic carbocycles. The highest BCUT2D eigenvalue weighted by Gasteiger charge is 2.38. The van der Waals surface area contributed by atoms with Gasteiger partial charge in [0, 0.05) is 5.02 Å². The van der Waals surface area contributed by atoms with Gasteiger partial charge in [-0.25, -0.2) is 8.42 Å². The maximum absolute atomic E-state index is 13.1. The van der Waals surface area contributed by atoms with Crippen LogP contribution in [0.4, 0.5) is 18.9 Å². The van der Waals surface area contributed by atoms with E-state index in [0.29, 0.717) is 24.6 Å². The lowest BCUT2D eigenvalue weighted by Gasteiger charge is -2.25. The quantitative estimate of drug-likeness (QED) is 0.796. The highest BCUT2D eigenvalue weighted by atomic mass is 35.5. The number of nitrogens with one attached hydrogen (secondary N) is 1. The summed E-state index contributed by atoms with van der Waals surface area (Å²) in [5, 5.41) is 2.55. The van der Waals surface area contributed by atoms with Gasteiger partial charge in [0.05, 0.1) is 17.0 Å². The summed E-state index contributed by atoms with van der Waals surface area (Å²) in [6.45, 7) is 0. The van der Waals surface area contributed by atoms with E-state index in [-0.39, 0.29) is 11.4 Å². The topological polar surface area (TPSA) is 67.8 Å². The Kier molecular flexibility index (Phi) is 5.64. The minimum Gasteiger partial charge on any atom is -0.399 e. The standard InChI is InChI=1S/C14H16ClF3N2O3S/c1-23-19-12-4-2-3-5-13(12)24(21,22)20-11-7-6-9(15)8-10(11)14(16,17)18/h6-8,13,20H,2-5H2,1H3. The lowest BCUT2D eigenvalue weighted by Crippen LogP contribution is -2.37. The zero-order valence-corrected chi connectivity index (χ0v) is 14.3. The fourth-order valence-corrected chi connectivity index (χ4v) is 4.38. The highest BCUT2D eigenvalue weighted by molar-refractivity contribution is 7.94. The molecule has 2 rings (SSSR count). The first-order valence-electron chi connectivity index (χ1n) is 7.13. The third-order valence-corrected chi connectivity index (χ3v) is 5.64. The number of sulfonamides is 1.